The van der Waals surface area contributed by atoms with Gasteiger partial charge in [-0.25, -0.2) is 22.8 Å². The fourth-order valence-electron chi connectivity index (χ4n) is 3.50. The van der Waals surface area contributed by atoms with Gasteiger partial charge in [-0.3, -0.25) is 23.4 Å². The summed E-state index contributed by atoms with van der Waals surface area (Å²) in [6.07, 6.45) is -2.28. The van der Waals surface area contributed by atoms with E-state index in [1.165, 1.54) is 0 Å². The van der Waals surface area contributed by atoms with Crippen molar-refractivity contribution < 1.29 is 70.2 Å². The molecule has 19 nitrogen and oxygen atoms in total. The summed E-state index contributed by atoms with van der Waals surface area (Å²) in [6.45, 7) is 0.898. The van der Waals surface area contributed by atoms with Crippen molar-refractivity contribution in [2.24, 2.45) is 0 Å². The molecule has 1 fully saturated rings. The maximum Gasteiger partial charge on any atom is 0.490 e. The van der Waals surface area contributed by atoms with E-state index in [2.05, 4.69) is 17.5 Å². The van der Waals surface area contributed by atoms with Crippen molar-refractivity contribution >= 4 is 31.1 Å². The van der Waals surface area contributed by atoms with E-state index >= 15 is 0 Å². The zero-order valence-corrected chi connectivity index (χ0v) is 24.6. The normalized spacial score (nSPS) is 27.4. The molecule has 2 heterocycles. The minimum atomic E-state index is -5.97. The molecule has 40 heavy (non-hydrogen) atoms. The number of unbranched alkanes of at least 4 members (excludes halogenated alkanes) is 5. The quantitative estimate of drug-likeness (QED) is 0.0908. The minimum absolute atomic E-state index is 0.131. The molecular weight excluding hydrogens is 628 g/mol. The van der Waals surface area contributed by atoms with Crippen LogP contribution in [0.2, 0.25) is 0 Å². The van der Waals surface area contributed by atoms with Gasteiger partial charge in [0.15, 0.2) is 6.23 Å². The Bertz CT molecular complexity index is 1300. The van der Waals surface area contributed by atoms with Gasteiger partial charge in [-0.05, 0) is 6.42 Å². The van der Waals surface area contributed by atoms with Crippen LogP contribution in [-0.4, -0.2) is 70.4 Å². The summed E-state index contributed by atoms with van der Waals surface area (Å²) < 4.78 is 70.3. The number of hydrogen-bond donors (Lipinski definition) is 7. The number of aliphatic hydroxyl groups is 2. The van der Waals surface area contributed by atoms with Gasteiger partial charge in [0.1, 0.15) is 18.3 Å². The van der Waals surface area contributed by atoms with Crippen molar-refractivity contribution in [1.29, 1.82) is 0 Å². The molecule has 0 spiro atoms. The smallest absolute Gasteiger partial charge is 0.387 e. The van der Waals surface area contributed by atoms with E-state index in [1.807, 2.05) is 11.9 Å². The fourth-order valence-corrected chi connectivity index (χ4v) is 9.13. The van der Waals surface area contributed by atoms with Gasteiger partial charge < -0.3 is 34.5 Å². The SMILES string of the molecule is CCCCCCCCP(=O)(O)OP(=O)(O)OP(=O)(O)OP(=O)(O)OC[C@H]1O[C@@H](n2ccc(=O)[nH]c2=O)[C@@H](O)C1O. The van der Waals surface area contributed by atoms with E-state index in [9.17, 15) is 57.6 Å². The standard InChI is InChI=1S/C17H32N2O17P4/c1-2-3-4-5-6-7-10-37(24,25)34-39(28,29)36-40(30,31)35-38(26,27)32-11-12-14(21)15(22)16(33-12)19-9-8-13(20)18-17(19)23/h8-9,12,14-16,21-22H,2-7,10-11H2,1H3,(H,24,25)(H,26,27)(H,28,29)(H,30,31)(H,18,20,23)/t12-,14?,15+,16-/m1/s1. The molecule has 0 saturated carbocycles. The first-order valence-corrected chi connectivity index (χ1v) is 18.0. The highest BCUT2D eigenvalue weighted by molar-refractivity contribution is 7.70. The summed E-state index contributed by atoms with van der Waals surface area (Å²) in [7, 11) is -22.2. The van der Waals surface area contributed by atoms with Crippen LogP contribution in [0.3, 0.4) is 0 Å². The lowest BCUT2D eigenvalue weighted by Crippen LogP contribution is -2.37. The van der Waals surface area contributed by atoms with Crippen molar-refractivity contribution in [3.63, 3.8) is 0 Å². The lowest BCUT2D eigenvalue weighted by Gasteiger charge is -2.21. The maximum atomic E-state index is 12.1. The van der Waals surface area contributed by atoms with Crippen molar-refractivity contribution in [3.8, 4) is 0 Å². The summed E-state index contributed by atoms with van der Waals surface area (Å²) in [4.78, 5) is 63.7. The summed E-state index contributed by atoms with van der Waals surface area (Å²) in [5, 5.41) is 20.3. The summed E-state index contributed by atoms with van der Waals surface area (Å²) in [5.74, 6) is 0. The Kier molecular flexibility index (Phi) is 12.9. The van der Waals surface area contributed by atoms with Crippen LogP contribution in [0.15, 0.2) is 21.9 Å². The number of nitrogens with zero attached hydrogens (tertiary/aromatic N) is 1. The number of phosphoric acid groups is 3. The van der Waals surface area contributed by atoms with E-state index in [1.54, 1.807) is 0 Å². The van der Waals surface area contributed by atoms with Gasteiger partial charge in [0.2, 0.25) is 0 Å². The van der Waals surface area contributed by atoms with Crippen LogP contribution < -0.4 is 11.2 Å². The Labute approximate surface area is 227 Å². The monoisotopic (exact) mass is 660 g/mol. The predicted octanol–water partition coefficient (Wildman–Crippen LogP) is 1.07. The second-order valence-electron chi connectivity index (χ2n) is 8.64. The number of phosphoric ester groups is 1. The molecule has 232 valence electrons. The number of H-pyrrole nitrogens is 1. The Morgan fingerprint density at radius 3 is 2.08 bits per heavy atom. The molecule has 5 unspecified atom stereocenters. The van der Waals surface area contributed by atoms with Crippen LogP contribution in [0.1, 0.15) is 51.7 Å². The molecule has 2 rings (SSSR count). The molecule has 1 aromatic heterocycles. The van der Waals surface area contributed by atoms with E-state index in [4.69, 9.17) is 4.74 Å². The fraction of sp³-hybridized carbons (Fsp3) is 0.765. The molecule has 0 amide bonds. The molecule has 0 radical (unpaired) electrons. The highest BCUT2D eigenvalue weighted by Gasteiger charge is 2.48. The third-order valence-electron chi connectivity index (χ3n) is 5.30. The van der Waals surface area contributed by atoms with Crippen molar-refractivity contribution in [3.05, 3.63) is 33.1 Å². The Morgan fingerprint density at radius 2 is 1.45 bits per heavy atom. The molecule has 0 aromatic carbocycles. The van der Waals surface area contributed by atoms with Crippen LogP contribution in [0.25, 0.3) is 0 Å². The number of hydrogen-bond acceptors (Lipinski definition) is 13. The number of aromatic amines is 1. The first-order chi connectivity index (χ1) is 18.4. The van der Waals surface area contributed by atoms with E-state index < -0.39 is 79.6 Å². The van der Waals surface area contributed by atoms with Gasteiger partial charge in [-0.15, -0.1) is 0 Å². The van der Waals surface area contributed by atoms with Gasteiger partial charge in [-0.2, -0.15) is 8.62 Å². The van der Waals surface area contributed by atoms with Crippen LogP contribution in [0.5, 0.6) is 0 Å². The zero-order chi connectivity index (χ0) is 30.4. The van der Waals surface area contributed by atoms with Crippen molar-refractivity contribution in [1.82, 2.24) is 9.55 Å². The van der Waals surface area contributed by atoms with Gasteiger partial charge >= 0.3 is 36.8 Å². The van der Waals surface area contributed by atoms with Gasteiger partial charge in [0, 0.05) is 12.3 Å². The highest BCUT2D eigenvalue weighted by atomic mass is 31.3. The average Bonchev–Trinajstić information content (AvgIpc) is 3.06. The highest BCUT2D eigenvalue weighted by Crippen LogP contribution is 2.71. The molecule has 1 aromatic rings. The third-order valence-corrected chi connectivity index (χ3v) is 11.8. The number of ether oxygens (including phenoxy) is 1. The average molecular weight is 660 g/mol. The molecule has 23 heteroatoms. The van der Waals surface area contributed by atoms with Gasteiger partial charge in [-0.1, -0.05) is 39.0 Å². The van der Waals surface area contributed by atoms with Gasteiger partial charge in [0.05, 0.1) is 12.8 Å². The van der Waals surface area contributed by atoms with E-state index in [-0.39, 0.29) is 6.42 Å². The van der Waals surface area contributed by atoms with E-state index in [0.29, 0.717) is 11.0 Å². The number of nitrogens with one attached hydrogen (secondary N) is 1. The van der Waals surface area contributed by atoms with Crippen LogP contribution in [0, 0.1) is 0 Å². The topological polar surface area (TPSA) is 291 Å². The third kappa shape index (κ3) is 11.4. The predicted molar refractivity (Wildman–Crippen MR) is 134 cm³/mol. The number of aliphatic hydroxyl groups excluding tert-OH is 2. The summed E-state index contributed by atoms with van der Waals surface area (Å²) >= 11 is 0. The second-order valence-corrected chi connectivity index (χ2v) is 15.4. The minimum Gasteiger partial charge on any atom is -0.387 e. The molecule has 0 bridgehead atoms. The molecule has 8 atom stereocenters. The molecule has 0 aliphatic carbocycles. The Hall–Kier alpha value is -0.840. The maximum absolute atomic E-state index is 12.1. The first-order valence-electron chi connectivity index (χ1n) is 11.8. The lowest BCUT2D eigenvalue weighted by atomic mass is 10.1. The van der Waals surface area contributed by atoms with Crippen LogP contribution in [-0.2, 0) is 40.5 Å². The zero-order valence-electron chi connectivity index (χ0n) is 21.0. The second kappa shape index (κ2) is 14.6. The summed E-state index contributed by atoms with van der Waals surface area (Å²) in [6, 6.07) is 0.913. The van der Waals surface area contributed by atoms with Crippen LogP contribution >= 0.6 is 31.1 Å². The molecule has 7 N–H and O–H groups in total. The Morgan fingerprint density at radius 1 is 0.875 bits per heavy atom. The number of rotatable bonds is 17. The first kappa shape index (κ1) is 35.4. The van der Waals surface area contributed by atoms with Crippen LogP contribution in [0.4, 0.5) is 0 Å². The summed E-state index contributed by atoms with van der Waals surface area (Å²) in [5.41, 5.74) is -1.78. The number of aromatic nitrogens is 2. The molecule has 1 aliphatic heterocycles. The van der Waals surface area contributed by atoms with E-state index in [0.717, 1.165) is 37.9 Å². The molecular formula is C17H32N2O17P4. The largest absolute Gasteiger partial charge is 0.490 e. The lowest BCUT2D eigenvalue weighted by molar-refractivity contribution is -0.0542. The Balaban J connectivity index is 1.92. The molecule has 1 aliphatic rings. The van der Waals surface area contributed by atoms with Crippen molar-refractivity contribution in [2.45, 2.75) is 70.0 Å². The van der Waals surface area contributed by atoms with Gasteiger partial charge in [0.25, 0.3) is 5.56 Å². The van der Waals surface area contributed by atoms with Crippen molar-refractivity contribution in [2.75, 3.05) is 12.8 Å². The molecule has 1 saturated heterocycles.